The number of hydrogen-bond donors (Lipinski definition) is 0. The van der Waals surface area contributed by atoms with Crippen molar-refractivity contribution in [2.75, 3.05) is 86.8 Å². The van der Waals surface area contributed by atoms with Gasteiger partial charge in [0, 0.05) is 71.5 Å². The minimum atomic E-state index is -3.32. The molecule has 5 atom stereocenters. The molecule has 0 aromatic heterocycles. The molecular formula is C17H33B2N4O5P. The van der Waals surface area contributed by atoms with Crippen molar-refractivity contribution in [2.45, 2.75) is 24.2 Å². The van der Waals surface area contributed by atoms with E-state index in [0.29, 0.717) is 45.9 Å². The van der Waals surface area contributed by atoms with Crippen LogP contribution in [-0.4, -0.2) is 146 Å². The molecule has 29 heavy (non-hydrogen) atoms. The molecule has 0 N–H and O–H groups in total. The fourth-order valence-corrected chi connectivity index (χ4v) is 6.55. The zero-order valence-electron chi connectivity index (χ0n) is 17.8. The molecule has 0 amide bonds. The summed E-state index contributed by atoms with van der Waals surface area (Å²) in [6, 6.07) is -0.910. The van der Waals surface area contributed by atoms with E-state index in [1.54, 1.807) is 7.11 Å². The van der Waals surface area contributed by atoms with Crippen LogP contribution in [0.4, 0.5) is 0 Å². The van der Waals surface area contributed by atoms with Gasteiger partial charge in [0.25, 0.3) is 0 Å². The van der Waals surface area contributed by atoms with Gasteiger partial charge in [-0.15, -0.1) is 0 Å². The lowest BCUT2D eigenvalue weighted by Gasteiger charge is -2.46. The van der Waals surface area contributed by atoms with Crippen LogP contribution in [0.25, 0.3) is 0 Å². The normalized spacial score (nSPS) is 36.1. The van der Waals surface area contributed by atoms with Crippen LogP contribution in [-0.2, 0) is 23.3 Å². The number of rotatable bonds is 7. The third kappa shape index (κ3) is 6.28. The molecule has 3 aliphatic rings. The Hall–Kier alpha value is 0.0399. The molecule has 0 aliphatic carbocycles. The second kappa shape index (κ2) is 10.6. The lowest BCUT2D eigenvalue weighted by atomic mass is 9.98. The maximum absolute atomic E-state index is 14.3. The van der Waals surface area contributed by atoms with Crippen molar-refractivity contribution in [1.29, 1.82) is 0 Å². The summed E-state index contributed by atoms with van der Waals surface area (Å²) < 4.78 is 41.1. The van der Waals surface area contributed by atoms with Crippen LogP contribution in [0.5, 0.6) is 0 Å². The molecule has 5 unspecified atom stereocenters. The first kappa shape index (κ1) is 23.7. The van der Waals surface area contributed by atoms with Crippen LogP contribution in [0, 0.1) is 0 Å². The van der Waals surface area contributed by atoms with Crippen molar-refractivity contribution in [2.24, 2.45) is 0 Å². The van der Waals surface area contributed by atoms with Crippen molar-refractivity contribution in [1.82, 2.24) is 19.1 Å². The number of morpholine rings is 2. The first-order chi connectivity index (χ1) is 13.8. The molecule has 3 aliphatic heterocycles. The molecule has 0 spiro atoms. The lowest BCUT2D eigenvalue weighted by Crippen LogP contribution is -2.53. The Morgan fingerprint density at radius 1 is 0.862 bits per heavy atom. The van der Waals surface area contributed by atoms with Crippen LogP contribution in [0.1, 0.15) is 0 Å². The highest BCUT2D eigenvalue weighted by molar-refractivity contribution is 7.54. The van der Waals surface area contributed by atoms with Gasteiger partial charge in [-0.25, -0.2) is 9.34 Å². The molecule has 0 aromatic rings. The van der Waals surface area contributed by atoms with Crippen LogP contribution in [0.15, 0.2) is 0 Å². The van der Waals surface area contributed by atoms with Gasteiger partial charge in [0.2, 0.25) is 0 Å². The van der Waals surface area contributed by atoms with Crippen molar-refractivity contribution >= 4 is 23.4 Å². The monoisotopic (exact) mass is 426 g/mol. The van der Waals surface area contributed by atoms with Crippen LogP contribution in [0.3, 0.4) is 0 Å². The van der Waals surface area contributed by atoms with Gasteiger partial charge in [-0.1, -0.05) is 0 Å². The maximum atomic E-state index is 14.3. The summed E-state index contributed by atoms with van der Waals surface area (Å²) in [5.74, 6) is 0. The molecule has 162 valence electrons. The van der Waals surface area contributed by atoms with Crippen LogP contribution in [0.2, 0.25) is 0 Å². The highest BCUT2D eigenvalue weighted by Crippen LogP contribution is 2.55. The molecule has 0 bridgehead atoms. The maximum Gasteiger partial charge on any atom is 0.346 e. The predicted molar refractivity (Wildman–Crippen MR) is 112 cm³/mol. The van der Waals surface area contributed by atoms with E-state index in [1.807, 2.05) is 16.4 Å². The topological polar surface area (TPSA) is 67.0 Å². The first-order valence-electron chi connectivity index (χ1n) is 10.2. The standard InChI is InChI=1S/C17H33B2N4O5P/c1-20-4-6-22(7-5-20)29(24,23-9-15(12-25-3)28-17(19)11-23)26-13-14-8-21(2)10-16(18)27-14/h14-17H,4-13H2,1-3H3. The number of methoxy groups -OCH3 is 1. The summed E-state index contributed by atoms with van der Waals surface area (Å²) in [6.07, 6.45) is -0.479. The van der Waals surface area contributed by atoms with Crippen molar-refractivity contribution in [3.05, 3.63) is 0 Å². The van der Waals surface area contributed by atoms with E-state index in [0.717, 1.165) is 13.1 Å². The molecule has 3 fully saturated rings. The molecule has 12 heteroatoms. The van der Waals surface area contributed by atoms with E-state index in [1.165, 1.54) is 0 Å². The smallest absolute Gasteiger partial charge is 0.346 e. The fourth-order valence-electron chi connectivity index (χ4n) is 4.06. The summed E-state index contributed by atoms with van der Waals surface area (Å²) in [4.78, 5) is 4.32. The Morgan fingerprint density at radius 2 is 1.48 bits per heavy atom. The number of ether oxygens (including phenoxy) is 3. The summed E-state index contributed by atoms with van der Waals surface area (Å²) >= 11 is 0. The average molecular weight is 426 g/mol. The third-order valence-electron chi connectivity index (χ3n) is 5.52. The van der Waals surface area contributed by atoms with E-state index < -0.39 is 13.7 Å². The molecule has 9 nitrogen and oxygen atoms in total. The van der Waals surface area contributed by atoms with Gasteiger partial charge in [-0.2, -0.15) is 0 Å². The van der Waals surface area contributed by atoms with E-state index in [9.17, 15) is 4.57 Å². The van der Waals surface area contributed by atoms with Gasteiger partial charge in [0.05, 0.1) is 25.4 Å². The van der Waals surface area contributed by atoms with Gasteiger partial charge in [0.1, 0.15) is 15.7 Å². The van der Waals surface area contributed by atoms with E-state index >= 15 is 0 Å². The van der Waals surface area contributed by atoms with Gasteiger partial charge in [-0.3, -0.25) is 4.57 Å². The Kier molecular flexibility index (Phi) is 8.64. The Morgan fingerprint density at radius 3 is 2.10 bits per heavy atom. The van der Waals surface area contributed by atoms with Crippen molar-refractivity contribution in [3.8, 4) is 0 Å². The SMILES string of the molecule is [B]C1CN(C)CC(COP(=O)(N2CCN(C)CC2)N2CC([B])OC(COC)C2)O1. The zero-order valence-corrected chi connectivity index (χ0v) is 18.7. The van der Waals surface area contributed by atoms with Gasteiger partial charge >= 0.3 is 7.67 Å². The molecule has 0 saturated carbocycles. The number of likely N-dealkylation sites (N-methyl/N-ethyl adjacent to an activating group) is 2. The van der Waals surface area contributed by atoms with Gasteiger partial charge < -0.3 is 28.5 Å². The Labute approximate surface area is 177 Å². The Balaban J connectivity index is 1.73. The highest BCUT2D eigenvalue weighted by Gasteiger charge is 2.44. The van der Waals surface area contributed by atoms with Crippen molar-refractivity contribution < 1.29 is 23.3 Å². The lowest BCUT2D eigenvalue weighted by molar-refractivity contribution is -0.0737. The fraction of sp³-hybridized carbons (Fsp3) is 1.00. The number of hydrogen-bond acceptors (Lipinski definition) is 7. The minimum Gasteiger partial charge on any atom is -0.382 e. The first-order valence-corrected chi connectivity index (χ1v) is 11.8. The largest absolute Gasteiger partial charge is 0.382 e. The van der Waals surface area contributed by atoms with E-state index in [4.69, 9.17) is 34.4 Å². The quantitative estimate of drug-likeness (QED) is 0.378. The Bertz CT molecular complexity index is 562. The predicted octanol–water partition coefficient (Wildman–Crippen LogP) is -0.974. The number of piperazine rings is 1. The molecule has 3 saturated heterocycles. The van der Waals surface area contributed by atoms with Crippen molar-refractivity contribution in [3.63, 3.8) is 0 Å². The molecule has 3 heterocycles. The summed E-state index contributed by atoms with van der Waals surface area (Å²) in [6.45, 7) is 5.74. The second-order valence-electron chi connectivity index (χ2n) is 8.18. The van der Waals surface area contributed by atoms with Gasteiger partial charge in [0.15, 0.2) is 0 Å². The number of nitrogens with zero attached hydrogens (tertiary/aromatic N) is 4. The molecule has 4 radical (unpaired) electrons. The summed E-state index contributed by atoms with van der Waals surface area (Å²) in [7, 11) is 14.4. The van der Waals surface area contributed by atoms with E-state index in [-0.39, 0.29) is 24.8 Å². The molecule has 0 aromatic carbocycles. The van der Waals surface area contributed by atoms with E-state index in [2.05, 4.69) is 16.8 Å². The highest BCUT2D eigenvalue weighted by atomic mass is 31.2. The second-order valence-corrected chi connectivity index (χ2v) is 10.6. The third-order valence-corrected chi connectivity index (χ3v) is 8.16. The van der Waals surface area contributed by atoms with Crippen LogP contribution < -0.4 is 0 Å². The average Bonchev–Trinajstić information content (AvgIpc) is 2.66. The van der Waals surface area contributed by atoms with Gasteiger partial charge in [-0.05, 0) is 14.1 Å². The zero-order chi connectivity index (χ0) is 21.0. The summed E-state index contributed by atoms with van der Waals surface area (Å²) in [5.41, 5.74) is 0. The van der Waals surface area contributed by atoms with Crippen LogP contribution >= 0.6 is 7.67 Å². The summed E-state index contributed by atoms with van der Waals surface area (Å²) in [5, 5.41) is 0. The minimum absolute atomic E-state index is 0.212. The molecule has 3 rings (SSSR count). The molecular weight excluding hydrogens is 393 g/mol.